The number of dihydropyridines is 1. The number of nitrogens with one attached hydrogen (secondary N) is 1. The van der Waals surface area contributed by atoms with E-state index in [-0.39, 0.29) is 5.91 Å². The number of hydrogen-bond donors (Lipinski definition) is 2. The lowest BCUT2D eigenvalue weighted by Crippen LogP contribution is -2.22. The molecule has 2 rings (SSSR count). The maximum atomic E-state index is 10.9. The van der Waals surface area contributed by atoms with Crippen LogP contribution in [-0.2, 0) is 4.79 Å². The van der Waals surface area contributed by atoms with E-state index < -0.39 is 0 Å². The van der Waals surface area contributed by atoms with Gasteiger partial charge in [0.2, 0.25) is 5.91 Å². The van der Waals surface area contributed by atoms with Crippen LogP contribution in [0.4, 0.5) is 0 Å². The minimum absolute atomic E-state index is 0.371. The average Bonchev–Trinajstić information content (AvgIpc) is 2.17. The largest absolute Gasteiger partial charge is 0.366 e. The Kier molecular flexibility index (Phi) is 1.93. The van der Waals surface area contributed by atoms with Crippen LogP contribution in [0.5, 0.6) is 0 Å². The van der Waals surface area contributed by atoms with Gasteiger partial charge in [-0.1, -0.05) is 6.08 Å². The Morgan fingerprint density at radius 1 is 1.54 bits per heavy atom. The van der Waals surface area contributed by atoms with Crippen molar-refractivity contribution in [2.24, 2.45) is 5.73 Å². The molecule has 0 saturated carbocycles. The predicted octanol–water partition coefficient (Wildman–Crippen LogP) is 0.953. The summed E-state index contributed by atoms with van der Waals surface area (Å²) in [6.07, 6.45) is 9.00. The van der Waals surface area contributed by atoms with Gasteiger partial charge in [-0.15, -0.1) is 0 Å². The highest BCUT2D eigenvalue weighted by Crippen LogP contribution is 2.25. The monoisotopic (exact) mass is 176 g/mol. The maximum Gasteiger partial charge on any atom is 0.250 e. The van der Waals surface area contributed by atoms with Crippen LogP contribution in [0.1, 0.15) is 19.3 Å². The third-order valence-electron chi connectivity index (χ3n) is 2.34. The van der Waals surface area contributed by atoms with Gasteiger partial charge in [-0.25, -0.2) is 0 Å². The van der Waals surface area contributed by atoms with Crippen molar-refractivity contribution in [2.45, 2.75) is 19.3 Å². The van der Waals surface area contributed by atoms with Crippen molar-refractivity contribution in [1.29, 1.82) is 0 Å². The summed E-state index contributed by atoms with van der Waals surface area (Å²) in [4.78, 5) is 10.9. The fourth-order valence-electron chi connectivity index (χ4n) is 1.63. The van der Waals surface area contributed by atoms with Gasteiger partial charge < -0.3 is 11.1 Å². The van der Waals surface area contributed by atoms with Crippen LogP contribution in [0, 0.1) is 0 Å². The van der Waals surface area contributed by atoms with Gasteiger partial charge in [0.1, 0.15) is 0 Å². The average molecular weight is 176 g/mol. The Labute approximate surface area is 77.0 Å². The van der Waals surface area contributed by atoms with Gasteiger partial charge in [0, 0.05) is 11.9 Å². The summed E-state index contributed by atoms with van der Waals surface area (Å²) < 4.78 is 0. The van der Waals surface area contributed by atoms with Gasteiger partial charge in [0.15, 0.2) is 0 Å². The molecule has 1 aliphatic carbocycles. The third kappa shape index (κ3) is 1.49. The smallest absolute Gasteiger partial charge is 0.250 e. The lowest BCUT2D eigenvalue weighted by atomic mass is 9.94. The Morgan fingerprint density at radius 2 is 2.38 bits per heavy atom. The van der Waals surface area contributed by atoms with Crippen molar-refractivity contribution < 1.29 is 4.79 Å². The van der Waals surface area contributed by atoms with E-state index in [0.29, 0.717) is 5.57 Å². The number of amides is 1. The first-order chi connectivity index (χ1) is 6.27. The molecule has 2 aliphatic rings. The minimum atomic E-state index is -0.371. The van der Waals surface area contributed by atoms with E-state index in [2.05, 4.69) is 11.4 Å². The summed E-state index contributed by atoms with van der Waals surface area (Å²) in [6, 6.07) is 0. The molecular formula is C10H12N2O. The summed E-state index contributed by atoms with van der Waals surface area (Å²) in [5.41, 5.74) is 8.07. The molecule has 0 spiro atoms. The SMILES string of the molecule is NC(=O)C1=CNC2=CCCCC2=C1. The zero-order valence-corrected chi connectivity index (χ0v) is 7.34. The van der Waals surface area contributed by atoms with Gasteiger partial charge in [0.25, 0.3) is 0 Å². The molecule has 0 bridgehead atoms. The minimum Gasteiger partial charge on any atom is -0.366 e. The number of carbonyl (C=O) groups excluding carboxylic acids is 1. The van der Waals surface area contributed by atoms with E-state index in [1.54, 1.807) is 6.20 Å². The molecule has 68 valence electrons. The third-order valence-corrected chi connectivity index (χ3v) is 2.34. The second kappa shape index (κ2) is 3.09. The molecule has 0 fully saturated rings. The number of allylic oxidation sites excluding steroid dienone is 2. The summed E-state index contributed by atoms with van der Waals surface area (Å²) in [7, 11) is 0. The molecular weight excluding hydrogens is 164 g/mol. The van der Waals surface area contributed by atoms with Crippen LogP contribution >= 0.6 is 0 Å². The topological polar surface area (TPSA) is 55.1 Å². The standard InChI is InChI=1S/C10H12N2O/c11-10(13)8-5-7-3-1-2-4-9(7)12-6-8/h4-6,12H,1-3H2,(H2,11,13). The second-order valence-corrected chi connectivity index (χ2v) is 3.29. The number of hydrogen-bond acceptors (Lipinski definition) is 2. The van der Waals surface area contributed by atoms with Crippen LogP contribution in [0.25, 0.3) is 0 Å². The van der Waals surface area contributed by atoms with Crippen molar-refractivity contribution >= 4 is 5.91 Å². The molecule has 0 radical (unpaired) electrons. The molecule has 13 heavy (non-hydrogen) atoms. The quantitative estimate of drug-likeness (QED) is 0.625. The first-order valence-corrected chi connectivity index (χ1v) is 4.45. The first kappa shape index (κ1) is 8.10. The summed E-state index contributed by atoms with van der Waals surface area (Å²) >= 11 is 0. The molecule has 1 heterocycles. The molecule has 0 unspecified atom stereocenters. The Balaban J connectivity index is 2.29. The normalized spacial score (nSPS) is 20.5. The second-order valence-electron chi connectivity index (χ2n) is 3.29. The van der Waals surface area contributed by atoms with Crippen molar-refractivity contribution in [3.63, 3.8) is 0 Å². The lowest BCUT2D eigenvalue weighted by molar-refractivity contribution is -0.114. The number of nitrogens with two attached hydrogens (primary N) is 1. The van der Waals surface area contributed by atoms with Crippen LogP contribution in [-0.4, -0.2) is 5.91 Å². The highest BCUT2D eigenvalue weighted by atomic mass is 16.1. The summed E-state index contributed by atoms with van der Waals surface area (Å²) in [6.45, 7) is 0. The van der Waals surface area contributed by atoms with Gasteiger partial charge in [-0.3, -0.25) is 4.79 Å². The number of fused-ring (bicyclic) bond motifs is 1. The molecule has 1 amide bonds. The molecule has 3 N–H and O–H groups in total. The van der Waals surface area contributed by atoms with Crippen molar-refractivity contribution in [3.8, 4) is 0 Å². The molecule has 0 aromatic heterocycles. The maximum absolute atomic E-state index is 10.9. The van der Waals surface area contributed by atoms with Crippen LogP contribution < -0.4 is 11.1 Å². The molecule has 0 atom stereocenters. The fourth-order valence-corrected chi connectivity index (χ4v) is 1.63. The van der Waals surface area contributed by atoms with Gasteiger partial charge >= 0.3 is 0 Å². The number of primary amides is 1. The molecule has 1 aliphatic heterocycles. The van der Waals surface area contributed by atoms with Gasteiger partial charge in [-0.05, 0) is 30.9 Å². The zero-order chi connectivity index (χ0) is 9.26. The van der Waals surface area contributed by atoms with Crippen LogP contribution in [0.15, 0.2) is 35.2 Å². The summed E-state index contributed by atoms with van der Waals surface area (Å²) in [5.74, 6) is -0.371. The molecule has 3 heteroatoms. The van der Waals surface area contributed by atoms with E-state index in [4.69, 9.17) is 5.73 Å². The van der Waals surface area contributed by atoms with Crippen LogP contribution in [0.3, 0.4) is 0 Å². The Morgan fingerprint density at radius 3 is 3.15 bits per heavy atom. The van der Waals surface area contributed by atoms with E-state index in [9.17, 15) is 4.79 Å². The Hall–Kier alpha value is -1.51. The van der Waals surface area contributed by atoms with Gasteiger partial charge in [0.05, 0.1) is 5.57 Å². The predicted molar refractivity (Wildman–Crippen MR) is 50.4 cm³/mol. The number of carbonyl (C=O) groups is 1. The van der Waals surface area contributed by atoms with Crippen LogP contribution in [0.2, 0.25) is 0 Å². The van der Waals surface area contributed by atoms with Crippen molar-refractivity contribution in [3.05, 3.63) is 35.2 Å². The van der Waals surface area contributed by atoms with E-state index in [1.807, 2.05) is 6.08 Å². The molecule has 0 aromatic carbocycles. The lowest BCUT2D eigenvalue weighted by Gasteiger charge is -2.21. The highest BCUT2D eigenvalue weighted by Gasteiger charge is 2.15. The van der Waals surface area contributed by atoms with E-state index in [0.717, 1.165) is 25.0 Å². The highest BCUT2D eigenvalue weighted by molar-refractivity contribution is 5.95. The van der Waals surface area contributed by atoms with E-state index >= 15 is 0 Å². The van der Waals surface area contributed by atoms with Crippen molar-refractivity contribution in [1.82, 2.24) is 5.32 Å². The molecule has 0 aromatic rings. The Bertz CT molecular complexity index is 337. The van der Waals surface area contributed by atoms with Crippen molar-refractivity contribution in [2.75, 3.05) is 0 Å². The summed E-state index contributed by atoms with van der Waals surface area (Å²) in [5, 5.41) is 3.08. The molecule has 0 saturated heterocycles. The van der Waals surface area contributed by atoms with Gasteiger partial charge in [-0.2, -0.15) is 0 Å². The fraction of sp³-hybridized carbons (Fsp3) is 0.300. The molecule has 3 nitrogen and oxygen atoms in total. The first-order valence-electron chi connectivity index (χ1n) is 4.45. The van der Waals surface area contributed by atoms with E-state index in [1.165, 1.54) is 5.57 Å². The zero-order valence-electron chi connectivity index (χ0n) is 7.34. The number of rotatable bonds is 1.